The van der Waals surface area contributed by atoms with Crippen molar-refractivity contribution >= 4 is 21.7 Å². The van der Waals surface area contributed by atoms with Crippen molar-refractivity contribution in [1.29, 1.82) is 0 Å². The van der Waals surface area contributed by atoms with Crippen LogP contribution >= 0.6 is 0 Å². The van der Waals surface area contributed by atoms with Gasteiger partial charge >= 0.3 is 6.18 Å². The summed E-state index contributed by atoms with van der Waals surface area (Å²) in [5.41, 5.74) is 5.13. The molecule has 1 aromatic heterocycles. The minimum atomic E-state index is -4.38. The number of ether oxygens (including phenoxy) is 1. The second kappa shape index (κ2) is 9.27. The van der Waals surface area contributed by atoms with Crippen LogP contribution in [0, 0.1) is 6.92 Å². The highest BCUT2D eigenvalue weighted by molar-refractivity contribution is 5.89. The zero-order valence-corrected chi connectivity index (χ0v) is 20.5. The Morgan fingerprint density at radius 3 is 2.54 bits per heavy atom. The lowest BCUT2D eigenvalue weighted by Gasteiger charge is -2.18. The highest BCUT2D eigenvalue weighted by Gasteiger charge is 2.32. The molecule has 0 radical (unpaired) electrons. The molecule has 0 unspecified atom stereocenters. The van der Waals surface area contributed by atoms with Crippen molar-refractivity contribution in [1.82, 2.24) is 9.88 Å². The lowest BCUT2D eigenvalue weighted by Crippen LogP contribution is -2.25. The first-order valence-electron chi connectivity index (χ1n) is 12.5. The molecule has 2 heterocycles. The zero-order valence-electron chi connectivity index (χ0n) is 20.5. The Morgan fingerprint density at radius 2 is 1.68 bits per heavy atom. The van der Waals surface area contributed by atoms with Crippen molar-refractivity contribution in [2.75, 3.05) is 6.54 Å². The Bertz CT molecular complexity index is 1610. The minimum Gasteiger partial charge on any atom is -0.489 e. The lowest BCUT2D eigenvalue weighted by atomic mass is 10.0. The quantitative estimate of drug-likeness (QED) is 0.272. The summed E-state index contributed by atoms with van der Waals surface area (Å²) in [6.45, 7) is 4.06. The van der Waals surface area contributed by atoms with E-state index in [-0.39, 0.29) is 12.2 Å². The first-order valence-corrected chi connectivity index (χ1v) is 12.5. The molecule has 0 spiro atoms. The molecule has 188 valence electrons. The van der Waals surface area contributed by atoms with E-state index < -0.39 is 11.7 Å². The summed E-state index contributed by atoms with van der Waals surface area (Å²) >= 11 is 0. The van der Waals surface area contributed by atoms with E-state index in [1.54, 1.807) is 6.07 Å². The van der Waals surface area contributed by atoms with Crippen LogP contribution in [-0.4, -0.2) is 11.1 Å². The molecule has 0 bridgehead atoms. The molecule has 1 aliphatic rings. The van der Waals surface area contributed by atoms with Gasteiger partial charge in [-0.15, -0.1) is 0 Å². The molecular weight excluding hydrogens is 473 g/mol. The van der Waals surface area contributed by atoms with Crippen LogP contribution in [0.25, 0.3) is 21.7 Å². The molecule has 0 saturated heterocycles. The summed E-state index contributed by atoms with van der Waals surface area (Å²) in [6, 6.07) is 25.2. The SMILES string of the molecule is Cc1c(COc2ccc3c(c2)c2c(n3Cc3cccc4ccccc34)CNCC2)cccc1C(F)(F)F. The Morgan fingerprint density at radius 1 is 0.892 bits per heavy atom. The minimum absolute atomic E-state index is 0.0850. The molecular formula is C31H27F3N2O. The molecule has 5 aromatic rings. The third kappa shape index (κ3) is 4.36. The van der Waals surface area contributed by atoms with Crippen LogP contribution in [0.3, 0.4) is 0 Å². The van der Waals surface area contributed by atoms with E-state index in [1.165, 1.54) is 40.6 Å². The number of halogens is 3. The average Bonchev–Trinajstić information content (AvgIpc) is 3.20. The maximum absolute atomic E-state index is 13.3. The largest absolute Gasteiger partial charge is 0.489 e. The average molecular weight is 501 g/mol. The fourth-order valence-corrected chi connectivity index (χ4v) is 5.54. The Kier molecular flexibility index (Phi) is 5.92. The van der Waals surface area contributed by atoms with Crippen LogP contribution in [-0.2, 0) is 32.3 Å². The van der Waals surface area contributed by atoms with Gasteiger partial charge in [0.15, 0.2) is 0 Å². The number of nitrogens with one attached hydrogen (secondary N) is 1. The van der Waals surface area contributed by atoms with Crippen LogP contribution in [0.15, 0.2) is 78.9 Å². The summed E-state index contributed by atoms with van der Waals surface area (Å²) in [7, 11) is 0. The highest BCUT2D eigenvalue weighted by atomic mass is 19.4. The summed E-state index contributed by atoms with van der Waals surface area (Å²) in [5.74, 6) is 0.660. The molecule has 6 rings (SSSR count). The topological polar surface area (TPSA) is 26.2 Å². The van der Waals surface area contributed by atoms with E-state index in [9.17, 15) is 13.2 Å². The highest BCUT2D eigenvalue weighted by Crippen LogP contribution is 2.35. The predicted molar refractivity (Wildman–Crippen MR) is 141 cm³/mol. The van der Waals surface area contributed by atoms with E-state index in [2.05, 4.69) is 58.4 Å². The Balaban J connectivity index is 1.35. The van der Waals surface area contributed by atoms with Gasteiger partial charge in [-0.25, -0.2) is 0 Å². The van der Waals surface area contributed by atoms with Gasteiger partial charge in [0, 0.05) is 29.7 Å². The molecule has 1 N–H and O–H groups in total. The number of hydrogen-bond acceptors (Lipinski definition) is 2. The van der Waals surface area contributed by atoms with Crippen molar-refractivity contribution < 1.29 is 17.9 Å². The molecule has 0 aliphatic carbocycles. The standard InChI is InChI=1S/C31H27F3N2O/c1-20-23(9-5-11-28(20)31(32,33)34)19-37-24-12-13-29-27(16-24)26-14-15-35-17-30(26)36(29)18-22-8-4-7-21-6-2-3-10-25(21)22/h2-13,16,35H,14-15,17-19H2,1H3. The molecule has 0 fully saturated rings. The first-order chi connectivity index (χ1) is 17.9. The molecule has 3 nitrogen and oxygen atoms in total. The van der Waals surface area contributed by atoms with Crippen molar-refractivity contribution in [2.24, 2.45) is 0 Å². The third-order valence-corrected chi connectivity index (χ3v) is 7.46. The first kappa shape index (κ1) is 23.6. The second-order valence-electron chi connectivity index (χ2n) is 9.63. The molecule has 0 amide bonds. The van der Waals surface area contributed by atoms with Crippen LogP contribution < -0.4 is 10.1 Å². The second-order valence-corrected chi connectivity index (χ2v) is 9.63. The van der Waals surface area contributed by atoms with Gasteiger partial charge < -0.3 is 14.6 Å². The van der Waals surface area contributed by atoms with E-state index in [1.807, 2.05) is 12.1 Å². The van der Waals surface area contributed by atoms with Crippen molar-refractivity contribution in [3.8, 4) is 5.75 Å². The summed E-state index contributed by atoms with van der Waals surface area (Å²) in [4.78, 5) is 0. The normalized spacial score (nSPS) is 13.7. The van der Waals surface area contributed by atoms with Gasteiger partial charge in [-0.1, -0.05) is 54.6 Å². The molecule has 0 atom stereocenters. The Labute approximate surface area is 213 Å². The number of nitrogens with zero attached hydrogens (tertiary/aromatic N) is 1. The van der Waals surface area contributed by atoms with Crippen LogP contribution in [0.4, 0.5) is 13.2 Å². The van der Waals surface area contributed by atoms with E-state index >= 15 is 0 Å². The number of fused-ring (bicyclic) bond motifs is 4. The monoisotopic (exact) mass is 500 g/mol. The maximum atomic E-state index is 13.3. The summed E-state index contributed by atoms with van der Waals surface area (Å²) in [5, 5.41) is 7.13. The van der Waals surface area contributed by atoms with Gasteiger partial charge in [0.05, 0.1) is 5.56 Å². The smallest absolute Gasteiger partial charge is 0.416 e. The van der Waals surface area contributed by atoms with Crippen LogP contribution in [0.2, 0.25) is 0 Å². The van der Waals surface area contributed by atoms with Gasteiger partial charge in [-0.2, -0.15) is 13.2 Å². The van der Waals surface area contributed by atoms with Gasteiger partial charge in [0.2, 0.25) is 0 Å². The molecule has 1 aliphatic heterocycles. The van der Waals surface area contributed by atoms with Gasteiger partial charge in [0.1, 0.15) is 12.4 Å². The fraction of sp³-hybridized carbons (Fsp3) is 0.226. The molecule has 37 heavy (non-hydrogen) atoms. The molecule has 4 aromatic carbocycles. The number of rotatable bonds is 5. The van der Waals surface area contributed by atoms with Crippen molar-refractivity contribution in [3.63, 3.8) is 0 Å². The maximum Gasteiger partial charge on any atom is 0.416 e. The number of benzene rings is 4. The fourth-order valence-electron chi connectivity index (χ4n) is 5.54. The van der Waals surface area contributed by atoms with E-state index in [0.717, 1.165) is 43.0 Å². The van der Waals surface area contributed by atoms with Gasteiger partial charge in [-0.3, -0.25) is 0 Å². The van der Waals surface area contributed by atoms with Crippen molar-refractivity contribution in [2.45, 2.75) is 39.2 Å². The van der Waals surface area contributed by atoms with Gasteiger partial charge in [-0.05, 0) is 77.2 Å². The molecule has 0 saturated carbocycles. The number of alkyl halides is 3. The Hall–Kier alpha value is -3.77. The molecule has 6 heteroatoms. The van der Waals surface area contributed by atoms with Crippen LogP contribution in [0.1, 0.15) is 33.5 Å². The van der Waals surface area contributed by atoms with E-state index in [4.69, 9.17) is 4.74 Å². The lowest BCUT2D eigenvalue weighted by molar-refractivity contribution is -0.138. The van der Waals surface area contributed by atoms with Gasteiger partial charge in [0.25, 0.3) is 0 Å². The summed E-state index contributed by atoms with van der Waals surface area (Å²) in [6.07, 6.45) is -3.45. The zero-order chi connectivity index (χ0) is 25.6. The van der Waals surface area contributed by atoms with Crippen molar-refractivity contribution in [3.05, 3.63) is 112 Å². The van der Waals surface area contributed by atoms with Crippen LogP contribution in [0.5, 0.6) is 5.75 Å². The summed E-state index contributed by atoms with van der Waals surface area (Å²) < 4.78 is 48.4. The number of aromatic nitrogens is 1. The number of hydrogen-bond donors (Lipinski definition) is 1. The predicted octanol–water partition coefficient (Wildman–Crippen LogP) is 7.39. The van der Waals surface area contributed by atoms with E-state index in [0.29, 0.717) is 11.3 Å². The third-order valence-electron chi connectivity index (χ3n) is 7.46.